The summed E-state index contributed by atoms with van der Waals surface area (Å²) in [5.41, 5.74) is 0. The minimum atomic E-state index is 0. The van der Waals surface area contributed by atoms with Crippen molar-refractivity contribution >= 4 is 16.8 Å². The van der Waals surface area contributed by atoms with Crippen LogP contribution in [-0.2, 0) is 0 Å². The lowest BCUT2D eigenvalue weighted by Gasteiger charge is -2.21. The summed E-state index contributed by atoms with van der Waals surface area (Å²) in [5, 5.41) is 0. The van der Waals surface area contributed by atoms with Crippen LogP contribution in [0.2, 0.25) is 0 Å². The summed E-state index contributed by atoms with van der Waals surface area (Å²) in [4.78, 5) is 0. The number of nitrogens with zero attached hydrogens (tertiary/aromatic N) is 1. The van der Waals surface area contributed by atoms with Gasteiger partial charge in [-0.25, -0.2) is 0 Å². The molecule has 1 aliphatic heterocycles. The van der Waals surface area contributed by atoms with E-state index in [0.717, 1.165) is 0 Å². The molecular weight excluding hydrogens is 122 g/mol. The van der Waals surface area contributed by atoms with Gasteiger partial charge in [-0.3, -0.25) is 0 Å². The van der Waals surface area contributed by atoms with Crippen LogP contribution in [0.1, 0.15) is 12.8 Å². The van der Waals surface area contributed by atoms with Crippen molar-refractivity contribution < 1.29 is 4.48 Å². The van der Waals surface area contributed by atoms with E-state index in [2.05, 4.69) is 14.1 Å². The topological polar surface area (TPSA) is 35.0 Å². The Bertz CT molecular complexity index is 68.1. The Balaban J connectivity index is -0.000000163. The molecule has 4 heteroatoms. The largest absolute Gasteiger partial charge is 0.344 e. The maximum absolute atomic E-state index is 2.30. The van der Waals surface area contributed by atoms with Crippen LogP contribution >= 0.6 is 0 Å². The first-order valence-electron chi connectivity index (χ1n) is 3.03. The maximum Gasteiger partial charge on any atom is 0.0784 e. The van der Waals surface area contributed by atoms with Crippen molar-refractivity contribution in [3.63, 3.8) is 0 Å². The van der Waals surface area contributed by atoms with Gasteiger partial charge >= 0.3 is 0 Å². The van der Waals surface area contributed by atoms with Gasteiger partial charge in [0.25, 0.3) is 0 Å². The van der Waals surface area contributed by atoms with Crippen LogP contribution in [0.15, 0.2) is 0 Å². The van der Waals surface area contributed by atoms with Crippen LogP contribution in [0.3, 0.4) is 0 Å². The van der Waals surface area contributed by atoms with Crippen molar-refractivity contribution in [1.82, 2.24) is 6.15 Å². The average molecular weight is 143 g/mol. The lowest BCUT2D eigenvalue weighted by Crippen LogP contribution is -2.35. The molecule has 3 radical (unpaired) electrons. The minimum Gasteiger partial charge on any atom is -0.344 e. The molecule has 1 rings (SSSR count). The molecule has 0 spiro atoms. The van der Waals surface area contributed by atoms with Crippen LogP contribution < -0.4 is 6.15 Å². The molecular formula is C6H21B2N2. The van der Waals surface area contributed by atoms with Crippen molar-refractivity contribution in [2.75, 3.05) is 27.2 Å². The Morgan fingerprint density at radius 1 is 1.00 bits per heavy atom. The number of likely N-dealkylation sites (tertiary alicyclic amines) is 1. The summed E-state index contributed by atoms with van der Waals surface area (Å²) in [5.74, 6) is 0. The SMILES string of the molecule is C[N+]1(C)CCCC1.N.[BH4-].[B]. The Morgan fingerprint density at radius 2 is 1.30 bits per heavy atom. The van der Waals surface area contributed by atoms with E-state index in [4.69, 9.17) is 0 Å². The Morgan fingerprint density at radius 3 is 1.40 bits per heavy atom. The minimum absolute atomic E-state index is 0. The molecule has 1 heterocycles. The Labute approximate surface area is 68.3 Å². The first-order valence-corrected chi connectivity index (χ1v) is 3.03. The summed E-state index contributed by atoms with van der Waals surface area (Å²) in [7, 11) is 4.60. The molecule has 0 aromatic heterocycles. The highest BCUT2D eigenvalue weighted by Crippen LogP contribution is 2.11. The molecule has 0 amide bonds. The monoisotopic (exact) mass is 143 g/mol. The zero-order valence-corrected chi connectivity index (χ0v) is 6.56. The fourth-order valence-corrected chi connectivity index (χ4v) is 1.19. The lowest BCUT2D eigenvalue weighted by molar-refractivity contribution is -0.877. The molecule has 0 saturated carbocycles. The molecule has 1 fully saturated rings. The highest BCUT2D eigenvalue weighted by Gasteiger charge is 2.19. The summed E-state index contributed by atoms with van der Waals surface area (Å²) < 4.78 is 1.25. The quantitative estimate of drug-likeness (QED) is 0.349. The first kappa shape index (κ1) is 16.6. The van der Waals surface area contributed by atoms with E-state index in [-0.39, 0.29) is 23.0 Å². The lowest BCUT2D eigenvalue weighted by atomic mass is 10.4. The third kappa shape index (κ3) is 4.89. The van der Waals surface area contributed by atoms with Crippen LogP contribution in [0.4, 0.5) is 0 Å². The number of hydrogen-bond donors (Lipinski definition) is 1. The summed E-state index contributed by atoms with van der Waals surface area (Å²) in [6.07, 6.45) is 2.88. The molecule has 0 bridgehead atoms. The summed E-state index contributed by atoms with van der Waals surface area (Å²) in [6, 6.07) is 0. The molecule has 0 aromatic carbocycles. The summed E-state index contributed by atoms with van der Waals surface area (Å²) in [6.45, 7) is 2.78. The smallest absolute Gasteiger partial charge is 0.0784 e. The third-order valence-corrected chi connectivity index (χ3v) is 1.78. The van der Waals surface area contributed by atoms with Gasteiger partial charge in [0.2, 0.25) is 0 Å². The van der Waals surface area contributed by atoms with Gasteiger partial charge in [-0.1, -0.05) is 8.41 Å². The van der Waals surface area contributed by atoms with Gasteiger partial charge in [-0.15, -0.1) is 0 Å². The molecule has 0 atom stereocenters. The first-order chi connectivity index (χ1) is 3.21. The van der Waals surface area contributed by atoms with Crippen molar-refractivity contribution in [2.24, 2.45) is 0 Å². The third-order valence-electron chi connectivity index (χ3n) is 1.78. The zero-order chi connectivity index (χ0) is 5.33. The zero-order valence-electron chi connectivity index (χ0n) is 6.56. The molecule has 1 saturated heterocycles. The summed E-state index contributed by atoms with van der Waals surface area (Å²) >= 11 is 0. The highest BCUT2D eigenvalue weighted by molar-refractivity contribution is 5.76. The van der Waals surface area contributed by atoms with Crippen molar-refractivity contribution in [3.05, 3.63) is 0 Å². The molecule has 1 aliphatic rings. The van der Waals surface area contributed by atoms with Crippen molar-refractivity contribution in [1.29, 1.82) is 0 Å². The van der Waals surface area contributed by atoms with Crippen LogP contribution in [-0.4, -0.2) is 48.5 Å². The molecule has 0 aromatic rings. The van der Waals surface area contributed by atoms with Crippen molar-refractivity contribution in [2.45, 2.75) is 12.8 Å². The van der Waals surface area contributed by atoms with E-state index in [1.165, 1.54) is 30.4 Å². The maximum atomic E-state index is 2.30. The Kier molecular flexibility index (Phi) is 9.62. The van der Waals surface area contributed by atoms with Gasteiger partial charge < -0.3 is 10.6 Å². The molecule has 3 N–H and O–H groups in total. The predicted octanol–water partition coefficient (Wildman–Crippen LogP) is -0.814. The van der Waals surface area contributed by atoms with E-state index < -0.39 is 0 Å². The second kappa shape index (κ2) is 5.81. The second-order valence-corrected chi connectivity index (χ2v) is 3.09. The van der Waals surface area contributed by atoms with E-state index in [9.17, 15) is 0 Å². The molecule has 10 heavy (non-hydrogen) atoms. The van der Waals surface area contributed by atoms with Crippen LogP contribution in [0.5, 0.6) is 0 Å². The highest BCUT2D eigenvalue weighted by atomic mass is 15.3. The van der Waals surface area contributed by atoms with E-state index in [1.807, 2.05) is 0 Å². The van der Waals surface area contributed by atoms with Gasteiger partial charge in [0.05, 0.1) is 27.2 Å². The van der Waals surface area contributed by atoms with Gasteiger partial charge in [0, 0.05) is 21.3 Å². The van der Waals surface area contributed by atoms with Gasteiger partial charge in [-0.2, -0.15) is 0 Å². The molecule has 0 unspecified atom stereocenters. The normalized spacial score (nSPS) is 19.8. The van der Waals surface area contributed by atoms with Crippen molar-refractivity contribution in [3.8, 4) is 0 Å². The second-order valence-electron chi connectivity index (χ2n) is 3.09. The fourth-order valence-electron chi connectivity index (χ4n) is 1.19. The van der Waals surface area contributed by atoms with Crippen LogP contribution in [0.25, 0.3) is 0 Å². The van der Waals surface area contributed by atoms with Gasteiger partial charge in [-0.05, 0) is 0 Å². The average Bonchev–Trinajstić information content (AvgIpc) is 1.84. The van der Waals surface area contributed by atoms with E-state index in [0.29, 0.717) is 0 Å². The van der Waals surface area contributed by atoms with E-state index in [1.54, 1.807) is 0 Å². The number of rotatable bonds is 0. The van der Waals surface area contributed by atoms with Gasteiger partial charge in [0.1, 0.15) is 0 Å². The number of quaternary nitrogens is 1. The molecule has 2 nitrogen and oxygen atoms in total. The fraction of sp³-hybridized carbons (Fsp3) is 1.00. The molecule has 61 valence electrons. The molecule has 0 aliphatic carbocycles. The van der Waals surface area contributed by atoms with Crippen LogP contribution in [0, 0.1) is 0 Å². The van der Waals surface area contributed by atoms with Gasteiger partial charge in [0.15, 0.2) is 0 Å². The predicted molar refractivity (Wildman–Crippen MR) is 53.2 cm³/mol. The number of hydrogen-bond acceptors (Lipinski definition) is 1. The Hall–Kier alpha value is 0.0499. The standard InChI is InChI=1S/C6H14N.BH4.B.H3N/c1-7(2)5-3-4-6-7;;;/h3-6H2,1-2H3;1H4;;1H3/q+1;-1;;. The van der Waals surface area contributed by atoms with E-state index >= 15 is 0 Å².